The lowest BCUT2D eigenvalue weighted by Crippen LogP contribution is -2.41. The summed E-state index contributed by atoms with van der Waals surface area (Å²) in [4.78, 5) is 25.5. The summed E-state index contributed by atoms with van der Waals surface area (Å²) >= 11 is 0. The van der Waals surface area contributed by atoms with Crippen molar-refractivity contribution >= 4 is 11.9 Å². The summed E-state index contributed by atoms with van der Waals surface area (Å²) in [6.07, 6.45) is 6.59. The molecule has 1 atom stereocenters. The number of hydrogen-bond acceptors (Lipinski definition) is 3. The van der Waals surface area contributed by atoms with Gasteiger partial charge < -0.3 is 9.64 Å². The SMILES string of the molecule is CCCCCCC(=O)N1CCCC1C(=O)OCC. The summed E-state index contributed by atoms with van der Waals surface area (Å²) in [6.45, 7) is 5.03. The molecule has 0 aliphatic carbocycles. The maximum atomic E-state index is 12.0. The van der Waals surface area contributed by atoms with Crippen LogP contribution in [0.1, 0.15) is 58.8 Å². The highest BCUT2D eigenvalue weighted by molar-refractivity contribution is 5.85. The Hall–Kier alpha value is -1.06. The van der Waals surface area contributed by atoms with Crippen molar-refractivity contribution in [3.8, 4) is 0 Å². The van der Waals surface area contributed by atoms with Gasteiger partial charge in [0.05, 0.1) is 6.61 Å². The lowest BCUT2D eigenvalue weighted by molar-refractivity contribution is -0.153. The summed E-state index contributed by atoms with van der Waals surface area (Å²) in [7, 11) is 0. The summed E-state index contributed by atoms with van der Waals surface area (Å²) in [5, 5.41) is 0. The van der Waals surface area contributed by atoms with Gasteiger partial charge in [-0.05, 0) is 26.2 Å². The van der Waals surface area contributed by atoms with Crippen LogP contribution in [0.4, 0.5) is 0 Å². The minimum absolute atomic E-state index is 0.113. The molecule has 1 amide bonds. The van der Waals surface area contributed by atoms with Crippen molar-refractivity contribution in [2.45, 2.75) is 64.8 Å². The molecular formula is C14H25NO3. The first-order valence-electron chi connectivity index (χ1n) is 7.16. The third-order valence-corrected chi connectivity index (χ3v) is 3.38. The first-order chi connectivity index (χ1) is 8.70. The number of nitrogens with zero attached hydrogens (tertiary/aromatic N) is 1. The van der Waals surface area contributed by atoms with Crippen molar-refractivity contribution in [2.24, 2.45) is 0 Å². The Bertz CT molecular complexity index is 278. The molecular weight excluding hydrogens is 230 g/mol. The van der Waals surface area contributed by atoms with Gasteiger partial charge in [0.2, 0.25) is 5.91 Å². The van der Waals surface area contributed by atoms with E-state index in [1.54, 1.807) is 11.8 Å². The number of rotatable bonds is 7. The van der Waals surface area contributed by atoms with E-state index in [1.165, 1.54) is 12.8 Å². The fourth-order valence-corrected chi connectivity index (χ4v) is 2.40. The molecule has 1 aliphatic rings. The average molecular weight is 255 g/mol. The number of esters is 1. The lowest BCUT2D eigenvalue weighted by atomic mass is 10.1. The highest BCUT2D eigenvalue weighted by Gasteiger charge is 2.34. The second-order valence-corrected chi connectivity index (χ2v) is 4.81. The van der Waals surface area contributed by atoms with Crippen molar-refractivity contribution < 1.29 is 14.3 Å². The van der Waals surface area contributed by atoms with Crippen molar-refractivity contribution in [3.05, 3.63) is 0 Å². The average Bonchev–Trinajstić information content (AvgIpc) is 2.84. The minimum Gasteiger partial charge on any atom is -0.464 e. The van der Waals surface area contributed by atoms with Gasteiger partial charge in [0.25, 0.3) is 0 Å². The molecule has 1 saturated heterocycles. The van der Waals surface area contributed by atoms with Gasteiger partial charge in [-0.25, -0.2) is 4.79 Å². The smallest absolute Gasteiger partial charge is 0.328 e. The van der Waals surface area contributed by atoms with E-state index in [1.807, 2.05) is 0 Å². The monoisotopic (exact) mass is 255 g/mol. The zero-order valence-electron chi connectivity index (χ0n) is 11.6. The standard InChI is InChI=1S/C14H25NO3/c1-3-5-6-7-10-13(16)15-11-8-9-12(15)14(17)18-4-2/h12H,3-11H2,1-2H3. The van der Waals surface area contributed by atoms with E-state index in [0.29, 0.717) is 19.6 Å². The molecule has 0 aromatic heterocycles. The third kappa shape index (κ3) is 4.31. The van der Waals surface area contributed by atoms with E-state index < -0.39 is 0 Å². The topological polar surface area (TPSA) is 46.6 Å². The summed E-state index contributed by atoms with van der Waals surface area (Å²) in [5.74, 6) is -0.126. The van der Waals surface area contributed by atoms with Crippen LogP contribution in [-0.2, 0) is 14.3 Å². The predicted molar refractivity (Wildman–Crippen MR) is 70.1 cm³/mol. The van der Waals surface area contributed by atoms with E-state index in [-0.39, 0.29) is 17.9 Å². The lowest BCUT2D eigenvalue weighted by Gasteiger charge is -2.23. The van der Waals surface area contributed by atoms with E-state index >= 15 is 0 Å². The minimum atomic E-state index is -0.330. The van der Waals surface area contributed by atoms with Crippen LogP contribution in [0.15, 0.2) is 0 Å². The molecule has 1 unspecified atom stereocenters. The number of likely N-dealkylation sites (tertiary alicyclic amines) is 1. The second kappa shape index (κ2) is 8.11. The van der Waals surface area contributed by atoms with E-state index in [4.69, 9.17) is 4.74 Å². The van der Waals surface area contributed by atoms with Gasteiger partial charge in [-0.2, -0.15) is 0 Å². The Morgan fingerprint density at radius 1 is 1.22 bits per heavy atom. The number of carbonyl (C=O) groups is 2. The van der Waals surface area contributed by atoms with Gasteiger partial charge in [0, 0.05) is 13.0 Å². The Labute approximate surface area is 110 Å². The highest BCUT2D eigenvalue weighted by Crippen LogP contribution is 2.20. The van der Waals surface area contributed by atoms with Crippen LogP contribution in [0.5, 0.6) is 0 Å². The Morgan fingerprint density at radius 3 is 2.67 bits per heavy atom. The zero-order valence-corrected chi connectivity index (χ0v) is 11.6. The normalized spacial score (nSPS) is 19.0. The fourth-order valence-electron chi connectivity index (χ4n) is 2.40. The maximum absolute atomic E-state index is 12.0. The molecule has 104 valence electrons. The summed E-state index contributed by atoms with van der Waals surface area (Å²) in [5.41, 5.74) is 0. The van der Waals surface area contributed by atoms with Crippen LogP contribution in [0.3, 0.4) is 0 Å². The molecule has 18 heavy (non-hydrogen) atoms. The molecule has 0 saturated carbocycles. The van der Waals surface area contributed by atoms with E-state index in [0.717, 1.165) is 25.7 Å². The molecule has 4 heteroatoms. The zero-order chi connectivity index (χ0) is 13.4. The molecule has 0 radical (unpaired) electrons. The highest BCUT2D eigenvalue weighted by atomic mass is 16.5. The molecule has 1 rings (SSSR count). The fraction of sp³-hybridized carbons (Fsp3) is 0.857. The number of carbonyl (C=O) groups excluding carboxylic acids is 2. The second-order valence-electron chi connectivity index (χ2n) is 4.81. The van der Waals surface area contributed by atoms with Crippen molar-refractivity contribution in [1.29, 1.82) is 0 Å². The van der Waals surface area contributed by atoms with Crippen LogP contribution in [0.25, 0.3) is 0 Å². The molecule has 0 aromatic rings. The molecule has 1 aliphatic heterocycles. The van der Waals surface area contributed by atoms with Crippen LogP contribution in [-0.4, -0.2) is 36.0 Å². The molecule has 0 N–H and O–H groups in total. The molecule has 1 heterocycles. The largest absolute Gasteiger partial charge is 0.464 e. The maximum Gasteiger partial charge on any atom is 0.328 e. The van der Waals surface area contributed by atoms with E-state index in [2.05, 4.69) is 6.92 Å². The van der Waals surface area contributed by atoms with Gasteiger partial charge in [-0.3, -0.25) is 4.79 Å². The first kappa shape index (κ1) is 15.0. The summed E-state index contributed by atoms with van der Waals surface area (Å²) < 4.78 is 5.02. The van der Waals surface area contributed by atoms with Gasteiger partial charge >= 0.3 is 5.97 Å². The summed E-state index contributed by atoms with van der Waals surface area (Å²) in [6, 6.07) is -0.330. The van der Waals surface area contributed by atoms with Gasteiger partial charge in [-0.1, -0.05) is 26.2 Å². The van der Waals surface area contributed by atoms with Crippen molar-refractivity contribution in [3.63, 3.8) is 0 Å². The molecule has 0 aromatic carbocycles. The van der Waals surface area contributed by atoms with Crippen molar-refractivity contribution in [2.75, 3.05) is 13.2 Å². The number of ether oxygens (including phenoxy) is 1. The van der Waals surface area contributed by atoms with Crippen LogP contribution in [0, 0.1) is 0 Å². The third-order valence-electron chi connectivity index (χ3n) is 3.38. The quantitative estimate of drug-likeness (QED) is 0.518. The number of hydrogen-bond donors (Lipinski definition) is 0. The molecule has 0 bridgehead atoms. The van der Waals surface area contributed by atoms with Crippen LogP contribution >= 0.6 is 0 Å². The van der Waals surface area contributed by atoms with Crippen LogP contribution < -0.4 is 0 Å². The Balaban J connectivity index is 2.38. The molecule has 4 nitrogen and oxygen atoms in total. The molecule has 1 fully saturated rings. The van der Waals surface area contributed by atoms with Gasteiger partial charge in [-0.15, -0.1) is 0 Å². The van der Waals surface area contributed by atoms with Gasteiger partial charge in [0.15, 0.2) is 0 Å². The van der Waals surface area contributed by atoms with E-state index in [9.17, 15) is 9.59 Å². The van der Waals surface area contributed by atoms with Crippen molar-refractivity contribution in [1.82, 2.24) is 4.90 Å². The number of amides is 1. The van der Waals surface area contributed by atoms with Gasteiger partial charge in [0.1, 0.15) is 6.04 Å². The molecule has 0 spiro atoms. The van der Waals surface area contributed by atoms with Crippen LogP contribution in [0.2, 0.25) is 0 Å². The number of unbranched alkanes of at least 4 members (excludes halogenated alkanes) is 3. The predicted octanol–water partition coefficient (Wildman–Crippen LogP) is 2.51. The first-order valence-corrected chi connectivity index (χ1v) is 7.16. The Morgan fingerprint density at radius 2 is 2.00 bits per heavy atom. The Kier molecular flexibility index (Phi) is 6.76.